The van der Waals surface area contributed by atoms with Crippen molar-refractivity contribution in [1.29, 1.82) is 0 Å². The quantitative estimate of drug-likeness (QED) is 0.812. The summed E-state index contributed by atoms with van der Waals surface area (Å²) in [5.74, 6) is -0.413. The summed E-state index contributed by atoms with van der Waals surface area (Å²) < 4.78 is 5.44. The molecule has 0 aromatic carbocycles. The number of nitrogens with two attached hydrogens (primary N) is 1. The maximum Gasteiger partial charge on any atom is 0.328 e. The predicted molar refractivity (Wildman–Crippen MR) is 51.0 cm³/mol. The van der Waals surface area contributed by atoms with Crippen LogP contribution in [0.1, 0.15) is 10.9 Å². The van der Waals surface area contributed by atoms with Crippen molar-refractivity contribution in [2.45, 2.75) is 6.04 Å². The van der Waals surface area contributed by atoms with Gasteiger partial charge in [-0.2, -0.15) is 0 Å². The molecule has 1 rings (SSSR count). The number of ether oxygens (including phenoxy) is 1. The number of methoxy groups -OCH3 is 1. The van der Waals surface area contributed by atoms with Gasteiger partial charge >= 0.3 is 5.97 Å². The maximum atomic E-state index is 11.0. The number of halogens is 1. The molecule has 0 aliphatic heterocycles. The monoisotopic (exact) mass is 249 g/mol. The summed E-state index contributed by atoms with van der Waals surface area (Å²) in [5, 5.41) is 1.87. The van der Waals surface area contributed by atoms with E-state index in [1.165, 1.54) is 18.4 Å². The number of hydrogen-bond donors (Lipinski definition) is 1. The highest BCUT2D eigenvalue weighted by Gasteiger charge is 2.17. The van der Waals surface area contributed by atoms with Gasteiger partial charge in [0, 0.05) is 14.7 Å². The van der Waals surface area contributed by atoms with Crippen molar-refractivity contribution in [2.75, 3.05) is 7.11 Å². The van der Waals surface area contributed by atoms with Gasteiger partial charge in [-0.05, 0) is 22.0 Å². The molecule has 12 heavy (non-hydrogen) atoms. The fraction of sp³-hybridized carbons (Fsp3) is 0.286. The fourth-order valence-electron chi connectivity index (χ4n) is 0.734. The van der Waals surface area contributed by atoms with E-state index in [1.54, 1.807) is 0 Å². The number of thiophene rings is 1. The van der Waals surface area contributed by atoms with Crippen LogP contribution in [-0.4, -0.2) is 13.1 Å². The summed E-state index contributed by atoms with van der Waals surface area (Å²) in [5.41, 5.74) is 5.58. The van der Waals surface area contributed by atoms with Gasteiger partial charge < -0.3 is 10.5 Å². The standard InChI is InChI=1S/C7H8BrNO2S/c1-11-7(10)6(9)5-2-4(8)3-12-5/h2-3,6H,9H2,1H3/t6-/m1/s1. The molecule has 0 saturated heterocycles. The Bertz CT molecular complexity index is 287. The van der Waals surface area contributed by atoms with E-state index in [1.807, 2.05) is 11.4 Å². The van der Waals surface area contributed by atoms with Crippen LogP contribution in [0.2, 0.25) is 0 Å². The molecule has 1 aromatic rings. The van der Waals surface area contributed by atoms with Gasteiger partial charge in [0.05, 0.1) is 7.11 Å². The molecule has 1 aromatic heterocycles. The third kappa shape index (κ3) is 2.06. The zero-order valence-electron chi connectivity index (χ0n) is 6.41. The van der Waals surface area contributed by atoms with Crippen molar-refractivity contribution < 1.29 is 9.53 Å². The van der Waals surface area contributed by atoms with E-state index in [9.17, 15) is 4.79 Å². The van der Waals surface area contributed by atoms with Crippen LogP contribution < -0.4 is 5.73 Å². The van der Waals surface area contributed by atoms with E-state index < -0.39 is 12.0 Å². The van der Waals surface area contributed by atoms with E-state index in [4.69, 9.17) is 5.73 Å². The van der Waals surface area contributed by atoms with Crippen molar-refractivity contribution >= 4 is 33.2 Å². The van der Waals surface area contributed by atoms with E-state index in [0.717, 1.165) is 9.35 Å². The minimum absolute atomic E-state index is 0.413. The summed E-state index contributed by atoms with van der Waals surface area (Å²) in [6, 6.07) is 1.15. The lowest BCUT2D eigenvalue weighted by atomic mass is 10.3. The van der Waals surface area contributed by atoms with E-state index >= 15 is 0 Å². The van der Waals surface area contributed by atoms with Crippen LogP contribution in [0.25, 0.3) is 0 Å². The van der Waals surface area contributed by atoms with Crippen LogP contribution in [0, 0.1) is 0 Å². The molecule has 0 fully saturated rings. The Morgan fingerprint density at radius 1 is 1.83 bits per heavy atom. The lowest BCUT2D eigenvalue weighted by Crippen LogP contribution is -2.21. The molecule has 5 heteroatoms. The highest BCUT2D eigenvalue weighted by Crippen LogP contribution is 2.24. The topological polar surface area (TPSA) is 52.3 Å². The molecule has 0 aliphatic rings. The SMILES string of the molecule is COC(=O)[C@H](N)c1cc(Br)cs1. The molecule has 3 nitrogen and oxygen atoms in total. The first-order valence-electron chi connectivity index (χ1n) is 3.22. The minimum atomic E-state index is -0.661. The van der Waals surface area contributed by atoms with E-state index in [0.29, 0.717) is 0 Å². The van der Waals surface area contributed by atoms with Gasteiger partial charge in [0.15, 0.2) is 0 Å². The third-order valence-electron chi connectivity index (χ3n) is 1.35. The highest BCUT2D eigenvalue weighted by molar-refractivity contribution is 9.10. The Hall–Kier alpha value is -0.390. The molecule has 1 heterocycles. The largest absolute Gasteiger partial charge is 0.468 e. The molecular formula is C7H8BrNO2S. The highest BCUT2D eigenvalue weighted by atomic mass is 79.9. The Labute approximate surface area is 82.6 Å². The molecule has 0 bridgehead atoms. The lowest BCUT2D eigenvalue weighted by molar-refractivity contribution is -0.142. The van der Waals surface area contributed by atoms with Crippen molar-refractivity contribution in [3.05, 3.63) is 20.8 Å². The van der Waals surface area contributed by atoms with Gasteiger partial charge in [-0.25, -0.2) is 4.79 Å². The Balaban J connectivity index is 2.77. The summed E-state index contributed by atoms with van der Waals surface area (Å²) in [7, 11) is 1.32. The van der Waals surface area contributed by atoms with E-state index in [2.05, 4.69) is 20.7 Å². The normalized spacial score (nSPS) is 12.6. The van der Waals surface area contributed by atoms with Gasteiger partial charge in [0.1, 0.15) is 6.04 Å². The number of carbonyl (C=O) groups excluding carboxylic acids is 1. The van der Waals surface area contributed by atoms with Crippen LogP contribution in [-0.2, 0) is 9.53 Å². The van der Waals surface area contributed by atoms with Gasteiger partial charge in [-0.3, -0.25) is 0 Å². The number of hydrogen-bond acceptors (Lipinski definition) is 4. The molecule has 0 amide bonds. The summed E-state index contributed by atoms with van der Waals surface area (Å²) >= 11 is 4.70. The third-order valence-corrected chi connectivity index (χ3v) is 3.13. The first-order valence-corrected chi connectivity index (χ1v) is 4.89. The van der Waals surface area contributed by atoms with Crippen molar-refractivity contribution in [2.24, 2.45) is 5.73 Å². The van der Waals surface area contributed by atoms with Crippen molar-refractivity contribution in [1.82, 2.24) is 0 Å². The van der Waals surface area contributed by atoms with Crippen LogP contribution in [0.15, 0.2) is 15.9 Å². The Morgan fingerprint density at radius 2 is 2.50 bits per heavy atom. The second-order valence-electron chi connectivity index (χ2n) is 2.17. The molecule has 0 aliphatic carbocycles. The van der Waals surface area contributed by atoms with Crippen LogP contribution in [0.3, 0.4) is 0 Å². The average molecular weight is 250 g/mol. The van der Waals surface area contributed by atoms with Gasteiger partial charge in [0.25, 0.3) is 0 Å². The first-order chi connectivity index (χ1) is 5.65. The lowest BCUT2D eigenvalue weighted by Gasteiger charge is -2.05. The fourth-order valence-corrected chi connectivity index (χ4v) is 2.17. The number of esters is 1. The summed E-state index contributed by atoms with van der Waals surface area (Å²) in [4.78, 5) is 11.8. The summed E-state index contributed by atoms with van der Waals surface area (Å²) in [6.07, 6.45) is 0. The van der Waals surface area contributed by atoms with E-state index in [-0.39, 0.29) is 0 Å². The number of carbonyl (C=O) groups is 1. The maximum absolute atomic E-state index is 11.0. The molecule has 0 saturated carbocycles. The smallest absolute Gasteiger partial charge is 0.328 e. The predicted octanol–water partition coefficient (Wildman–Crippen LogP) is 1.68. The van der Waals surface area contributed by atoms with Crippen molar-refractivity contribution in [3.8, 4) is 0 Å². The molecule has 0 spiro atoms. The average Bonchev–Trinajstić information content (AvgIpc) is 2.49. The molecule has 2 N–H and O–H groups in total. The molecular weight excluding hydrogens is 242 g/mol. The van der Waals surface area contributed by atoms with Gasteiger partial charge in [-0.1, -0.05) is 0 Å². The Kier molecular flexibility index (Phi) is 3.25. The van der Waals surface area contributed by atoms with Gasteiger partial charge in [0.2, 0.25) is 0 Å². The number of rotatable bonds is 2. The Morgan fingerprint density at radius 3 is 2.92 bits per heavy atom. The molecule has 0 radical (unpaired) electrons. The zero-order chi connectivity index (χ0) is 9.14. The molecule has 1 atom stereocenters. The van der Waals surface area contributed by atoms with Crippen LogP contribution >= 0.6 is 27.3 Å². The van der Waals surface area contributed by atoms with Crippen LogP contribution in [0.4, 0.5) is 0 Å². The first kappa shape index (κ1) is 9.70. The van der Waals surface area contributed by atoms with Gasteiger partial charge in [-0.15, -0.1) is 11.3 Å². The summed E-state index contributed by atoms with van der Waals surface area (Å²) in [6.45, 7) is 0. The molecule has 0 unspecified atom stereocenters. The van der Waals surface area contributed by atoms with Crippen LogP contribution in [0.5, 0.6) is 0 Å². The minimum Gasteiger partial charge on any atom is -0.468 e. The molecule has 66 valence electrons. The van der Waals surface area contributed by atoms with Crippen molar-refractivity contribution in [3.63, 3.8) is 0 Å². The second kappa shape index (κ2) is 4.02. The zero-order valence-corrected chi connectivity index (χ0v) is 8.81. The second-order valence-corrected chi connectivity index (χ2v) is 4.03.